The molecule has 244 valence electrons. The second-order valence-corrected chi connectivity index (χ2v) is 18.0. The van der Waals surface area contributed by atoms with Gasteiger partial charge in [-0.15, -0.1) is 0 Å². The van der Waals surface area contributed by atoms with Crippen LogP contribution in [-0.2, 0) is 9.53 Å². The van der Waals surface area contributed by atoms with Gasteiger partial charge < -0.3 is 30.3 Å². The van der Waals surface area contributed by atoms with E-state index < -0.39 is 41.9 Å². The van der Waals surface area contributed by atoms with Crippen molar-refractivity contribution in [3.05, 3.63) is 11.6 Å². The molecule has 0 aromatic heterocycles. The van der Waals surface area contributed by atoms with E-state index in [1.165, 1.54) is 5.57 Å². The summed E-state index contributed by atoms with van der Waals surface area (Å²) >= 11 is 0. The zero-order chi connectivity index (χ0) is 31.5. The minimum Gasteiger partial charge on any atom is -0.481 e. The van der Waals surface area contributed by atoms with Crippen LogP contribution < -0.4 is 0 Å². The number of rotatable bonds is 3. The molecule has 5 fully saturated rings. The molecule has 7 heteroatoms. The first-order chi connectivity index (χ1) is 19.9. The predicted molar refractivity (Wildman–Crippen MR) is 164 cm³/mol. The highest BCUT2D eigenvalue weighted by Crippen LogP contribution is 2.76. The van der Waals surface area contributed by atoms with Gasteiger partial charge in [-0.3, -0.25) is 4.79 Å². The number of aliphatic hydroxyl groups is 4. The van der Waals surface area contributed by atoms with Crippen LogP contribution in [-0.4, -0.2) is 68.6 Å². The molecule has 0 bridgehead atoms. The lowest BCUT2D eigenvalue weighted by molar-refractivity contribution is -0.242. The predicted octanol–water partition coefficient (Wildman–Crippen LogP) is 5.33. The van der Waals surface area contributed by atoms with Gasteiger partial charge in [-0.2, -0.15) is 0 Å². The molecule has 0 aromatic carbocycles. The Morgan fingerprint density at radius 2 is 1.56 bits per heavy atom. The Bertz CT molecular complexity index is 1160. The fourth-order valence-electron chi connectivity index (χ4n) is 12.6. The van der Waals surface area contributed by atoms with Gasteiger partial charge in [-0.25, -0.2) is 0 Å². The van der Waals surface area contributed by atoms with Crippen molar-refractivity contribution in [2.75, 3.05) is 6.61 Å². The van der Waals surface area contributed by atoms with E-state index >= 15 is 0 Å². The van der Waals surface area contributed by atoms with Crippen LogP contribution in [0.4, 0.5) is 0 Å². The number of aliphatic hydroxyl groups excluding tert-OH is 4. The highest BCUT2D eigenvalue weighted by molar-refractivity contribution is 5.76. The first-order valence-electron chi connectivity index (χ1n) is 17.1. The van der Waals surface area contributed by atoms with Gasteiger partial charge >= 0.3 is 5.97 Å². The van der Waals surface area contributed by atoms with Crippen molar-refractivity contribution in [2.45, 2.75) is 143 Å². The summed E-state index contributed by atoms with van der Waals surface area (Å²) in [6, 6.07) is 0. The van der Waals surface area contributed by atoms with Crippen LogP contribution >= 0.6 is 0 Å². The van der Waals surface area contributed by atoms with Crippen LogP contribution in [0.25, 0.3) is 0 Å². The van der Waals surface area contributed by atoms with Gasteiger partial charge in [0.1, 0.15) is 24.4 Å². The van der Waals surface area contributed by atoms with Gasteiger partial charge in [0.15, 0.2) is 0 Å². The molecule has 1 aliphatic heterocycles. The zero-order valence-corrected chi connectivity index (χ0v) is 27.6. The largest absolute Gasteiger partial charge is 0.481 e. The minimum atomic E-state index is -1.33. The average molecular weight is 603 g/mol. The molecular formula is C36H58O7. The van der Waals surface area contributed by atoms with Crippen LogP contribution in [0.2, 0.25) is 0 Å². The average Bonchev–Trinajstić information content (AvgIpc) is 2.91. The smallest absolute Gasteiger partial charge is 0.310 e. The molecule has 6 aliphatic rings. The Labute approximate surface area is 258 Å². The van der Waals surface area contributed by atoms with Crippen molar-refractivity contribution in [1.29, 1.82) is 0 Å². The van der Waals surface area contributed by atoms with Gasteiger partial charge in [-0.1, -0.05) is 60.1 Å². The summed E-state index contributed by atoms with van der Waals surface area (Å²) in [6.45, 7) is 16.6. The molecule has 43 heavy (non-hydrogen) atoms. The van der Waals surface area contributed by atoms with Crippen molar-refractivity contribution in [3.8, 4) is 0 Å². The zero-order valence-electron chi connectivity index (χ0n) is 27.6. The van der Waals surface area contributed by atoms with E-state index in [1.807, 2.05) is 0 Å². The topological polar surface area (TPSA) is 127 Å². The molecule has 5 unspecified atom stereocenters. The van der Waals surface area contributed by atoms with E-state index in [0.717, 1.165) is 64.2 Å². The fourth-order valence-corrected chi connectivity index (χ4v) is 12.6. The van der Waals surface area contributed by atoms with Gasteiger partial charge in [0, 0.05) is 0 Å². The minimum absolute atomic E-state index is 0.0293. The Balaban J connectivity index is 1.32. The van der Waals surface area contributed by atoms with Gasteiger partial charge in [0.05, 0.1) is 18.1 Å². The quantitative estimate of drug-likeness (QED) is 0.276. The summed E-state index contributed by atoms with van der Waals surface area (Å²) in [7, 11) is 0. The summed E-state index contributed by atoms with van der Waals surface area (Å²) in [5.41, 5.74) is 0.848. The number of hydrogen-bond donors (Lipinski definition) is 5. The fraction of sp³-hybridized carbons (Fsp3) is 0.917. The molecule has 7 nitrogen and oxygen atoms in total. The molecule has 0 radical (unpaired) electrons. The number of hydrogen-bond acceptors (Lipinski definition) is 6. The Hall–Kier alpha value is -0.990. The van der Waals surface area contributed by atoms with Crippen LogP contribution in [0.15, 0.2) is 11.6 Å². The second kappa shape index (κ2) is 10.0. The highest BCUT2D eigenvalue weighted by atomic mass is 16.5. The molecule has 4 saturated carbocycles. The number of allylic oxidation sites excluding steroid dienone is 2. The lowest BCUT2D eigenvalue weighted by Gasteiger charge is -2.71. The number of fused-ring (bicyclic) bond motifs is 7. The van der Waals surface area contributed by atoms with Crippen LogP contribution in [0.5, 0.6) is 0 Å². The number of carboxylic acids is 1. The van der Waals surface area contributed by atoms with Gasteiger partial charge in [0.25, 0.3) is 0 Å². The molecule has 5 aliphatic carbocycles. The van der Waals surface area contributed by atoms with Gasteiger partial charge in [0.2, 0.25) is 0 Å². The number of carboxylic acid groups (broad SMARTS) is 1. The Morgan fingerprint density at radius 3 is 2.23 bits per heavy atom. The standard InChI is InChI=1S/C36H58O7/c1-31(2)14-16-36(30(41)42)17-15-34(6)20(22(36)18-31)8-9-25-33(5)12-10-21(32(3,4)24(33)11-13-35(25,34)7)26(38)29-28(40)27(39)23(37)19-43-29/h8,21-29,37-40H,9-19H2,1-7H3,(H,41,42)/t21-,22?,23+,24?,25?,26?,27-,28?,29-,33-,34+,35+,36-/m0/s1. The first kappa shape index (κ1) is 32.0. The van der Waals surface area contributed by atoms with Crippen molar-refractivity contribution in [3.63, 3.8) is 0 Å². The third-order valence-electron chi connectivity index (χ3n) is 15.5. The van der Waals surface area contributed by atoms with E-state index in [4.69, 9.17) is 4.74 Å². The lowest BCUT2D eigenvalue weighted by atomic mass is 9.33. The molecule has 6 rings (SSSR count). The van der Waals surface area contributed by atoms with Crippen molar-refractivity contribution < 1.29 is 35.1 Å². The molecule has 1 saturated heterocycles. The number of aliphatic carboxylic acids is 1. The third-order valence-corrected chi connectivity index (χ3v) is 15.5. The van der Waals surface area contributed by atoms with Crippen LogP contribution in [0.3, 0.4) is 0 Å². The van der Waals surface area contributed by atoms with Crippen molar-refractivity contribution in [2.24, 2.45) is 56.2 Å². The maximum Gasteiger partial charge on any atom is 0.310 e. The second-order valence-electron chi connectivity index (χ2n) is 18.0. The SMILES string of the molecule is CC1(C)CC[C@]2(C(=O)O)CC[C@]3(C)C(=CCC4[C@@]5(C)CC[C@@H](C(O)[C@@H]6OC[C@@H](O)[C@H](O)C6O)C(C)(C)C5CC[C@]43C)C2C1. The van der Waals surface area contributed by atoms with Gasteiger partial charge in [-0.05, 0) is 115 Å². The monoisotopic (exact) mass is 602 g/mol. The summed E-state index contributed by atoms with van der Waals surface area (Å²) in [5, 5.41) is 53.3. The normalized spacial score (nSPS) is 52.9. The molecule has 13 atom stereocenters. The molecule has 0 spiro atoms. The van der Waals surface area contributed by atoms with Crippen LogP contribution in [0, 0.1) is 56.2 Å². The van der Waals surface area contributed by atoms with Crippen molar-refractivity contribution in [1.82, 2.24) is 0 Å². The van der Waals surface area contributed by atoms with E-state index in [0.29, 0.717) is 11.8 Å². The Morgan fingerprint density at radius 1 is 0.884 bits per heavy atom. The maximum absolute atomic E-state index is 12.9. The highest BCUT2D eigenvalue weighted by Gasteiger charge is 2.69. The summed E-state index contributed by atoms with van der Waals surface area (Å²) < 4.78 is 5.74. The van der Waals surface area contributed by atoms with E-state index in [1.54, 1.807) is 0 Å². The van der Waals surface area contributed by atoms with E-state index in [2.05, 4.69) is 54.5 Å². The van der Waals surface area contributed by atoms with E-state index in [-0.39, 0.29) is 45.5 Å². The summed E-state index contributed by atoms with van der Waals surface area (Å²) in [4.78, 5) is 12.9. The van der Waals surface area contributed by atoms with Crippen molar-refractivity contribution >= 4 is 5.97 Å². The lowest BCUT2D eigenvalue weighted by Crippen LogP contribution is -2.66. The molecule has 0 aromatic rings. The molecule has 0 amide bonds. The summed E-state index contributed by atoms with van der Waals surface area (Å²) in [6.07, 6.45) is 6.18. The maximum atomic E-state index is 12.9. The summed E-state index contributed by atoms with van der Waals surface area (Å²) in [5.74, 6) is 0.252. The number of ether oxygens (including phenoxy) is 1. The third kappa shape index (κ3) is 4.26. The first-order valence-corrected chi connectivity index (χ1v) is 17.1. The molecule has 1 heterocycles. The Kier molecular flexibility index (Phi) is 7.44. The number of carbonyl (C=O) groups is 1. The molecular weight excluding hydrogens is 544 g/mol. The van der Waals surface area contributed by atoms with E-state index in [9.17, 15) is 30.3 Å². The molecule has 5 N–H and O–H groups in total. The van der Waals surface area contributed by atoms with Crippen LogP contribution in [0.1, 0.15) is 113 Å².